The lowest BCUT2D eigenvalue weighted by atomic mass is 9.95. The highest BCUT2D eigenvalue weighted by molar-refractivity contribution is 6.10. The average Bonchev–Trinajstić information content (AvgIpc) is 2.67. The number of pyridine rings is 1. The van der Waals surface area contributed by atoms with Crippen molar-refractivity contribution in [2.24, 2.45) is 0 Å². The summed E-state index contributed by atoms with van der Waals surface area (Å²) in [6.45, 7) is 6.14. The van der Waals surface area contributed by atoms with Crippen LogP contribution in [0.4, 0.5) is 15.8 Å². The van der Waals surface area contributed by atoms with Crippen molar-refractivity contribution >= 4 is 33.2 Å². The SMILES string of the molecule is CCN(CC)c1ccc2c(-c3cccc(F)c3)c3ccc(N)cc3nc2c1. The van der Waals surface area contributed by atoms with E-state index in [1.54, 1.807) is 12.1 Å². The summed E-state index contributed by atoms with van der Waals surface area (Å²) in [7, 11) is 0. The van der Waals surface area contributed by atoms with Crippen LogP contribution >= 0.6 is 0 Å². The third-order valence-corrected chi connectivity index (χ3v) is 5.02. The smallest absolute Gasteiger partial charge is 0.123 e. The van der Waals surface area contributed by atoms with Gasteiger partial charge in [0.25, 0.3) is 0 Å². The summed E-state index contributed by atoms with van der Waals surface area (Å²) >= 11 is 0. The van der Waals surface area contributed by atoms with Gasteiger partial charge in [-0.05, 0) is 55.8 Å². The molecule has 0 fully saturated rings. The van der Waals surface area contributed by atoms with Crippen LogP contribution in [-0.4, -0.2) is 18.1 Å². The first-order chi connectivity index (χ1) is 13.1. The predicted molar refractivity (Wildman–Crippen MR) is 113 cm³/mol. The number of halogens is 1. The maximum atomic E-state index is 13.9. The van der Waals surface area contributed by atoms with Gasteiger partial charge in [-0.2, -0.15) is 0 Å². The largest absolute Gasteiger partial charge is 0.399 e. The van der Waals surface area contributed by atoms with Gasteiger partial charge in [0.05, 0.1) is 11.0 Å². The van der Waals surface area contributed by atoms with Crippen LogP contribution in [0.15, 0.2) is 60.7 Å². The summed E-state index contributed by atoms with van der Waals surface area (Å²) in [6, 6.07) is 18.7. The molecular formula is C23H22FN3. The molecule has 0 bridgehead atoms. The number of nitrogens with zero attached hydrogens (tertiary/aromatic N) is 2. The molecule has 2 N–H and O–H groups in total. The Labute approximate surface area is 158 Å². The Balaban J connectivity index is 2.08. The van der Waals surface area contributed by atoms with Crippen molar-refractivity contribution in [2.45, 2.75) is 13.8 Å². The molecule has 4 rings (SSSR count). The monoisotopic (exact) mass is 359 g/mol. The molecule has 4 aromatic rings. The number of anilines is 2. The molecule has 0 saturated heterocycles. The maximum Gasteiger partial charge on any atom is 0.123 e. The van der Waals surface area contributed by atoms with Crippen molar-refractivity contribution < 1.29 is 4.39 Å². The number of nitrogen functional groups attached to an aromatic ring is 1. The lowest BCUT2D eigenvalue weighted by Crippen LogP contribution is -2.21. The lowest BCUT2D eigenvalue weighted by Gasteiger charge is -2.22. The highest BCUT2D eigenvalue weighted by atomic mass is 19.1. The molecule has 0 aliphatic heterocycles. The van der Waals surface area contributed by atoms with E-state index in [4.69, 9.17) is 10.7 Å². The van der Waals surface area contributed by atoms with E-state index in [0.29, 0.717) is 5.69 Å². The van der Waals surface area contributed by atoms with Crippen LogP contribution < -0.4 is 10.6 Å². The van der Waals surface area contributed by atoms with Gasteiger partial charge in [-0.3, -0.25) is 0 Å². The standard InChI is InChI=1S/C23H22FN3/c1-3-27(4-2)18-9-11-20-22(14-18)26-21-13-17(25)8-10-19(21)23(20)15-6-5-7-16(24)12-15/h5-14H,3-4,25H2,1-2H3. The second-order valence-corrected chi connectivity index (χ2v) is 6.65. The minimum absolute atomic E-state index is 0.249. The molecule has 0 unspecified atom stereocenters. The van der Waals surface area contributed by atoms with Crippen molar-refractivity contribution in [1.82, 2.24) is 4.98 Å². The fourth-order valence-electron chi connectivity index (χ4n) is 3.69. The van der Waals surface area contributed by atoms with E-state index in [0.717, 1.165) is 51.7 Å². The lowest BCUT2D eigenvalue weighted by molar-refractivity contribution is 0.628. The second kappa shape index (κ2) is 6.88. The van der Waals surface area contributed by atoms with Crippen molar-refractivity contribution in [3.05, 3.63) is 66.5 Å². The van der Waals surface area contributed by atoms with Gasteiger partial charge in [-0.1, -0.05) is 24.3 Å². The average molecular weight is 359 g/mol. The first-order valence-corrected chi connectivity index (χ1v) is 9.24. The summed E-state index contributed by atoms with van der Waals surface area (Å²) in [6.07, 6.45) is 0. The zero-order valence-electron chi connectivity index (χ0n) is 15.5. The molecule has 0 aliphatic rings. The third-order valence-electron chi connectivity index (χ3n) is 5.02. The summed E-state index contributed by atoms with van der Waals surface area (Å²) in [5, 5.41) is 1.98. The van der Waals surface area contributed by atoms with E-state index in [9.17, 15) is 4.39 Å². The molecule has 27 heavy (non-hydrogen) atoms. The molecule has 0 spiro atoms. The molecule has 1 heterocycles. The van der Waals surface area contributed by atoms with Crippen LogP contribution in [0.5, 0.6) is 0 Å². The summed E-state index contributed by atoms with van der Waals surface area (Å²) in [5.41, 5.74) is 11.3. The highest BCUT2D eigenvalue weighted by Crippen LogP contribution is 2.37. The van der Waals surface area contributed by atoms with Crippen LogP contribution in [0, 0.1) is 5.82 Å². The molecule has 0 saturated carbocycles. The molecule has 0 amide bonds. The number of hydrogen-bond acceptors (Lipinski definition) is 3. The van der Waals surface area contributed by atoms with Crippen molar-refractivity contribution in [1.29, 1.82) is 0 Å². The van der Waals surface area contributed by atoms with E-state index < -0.39 is 0 Å². The number of nitrogens with two attached hydrogens (primary N) is 1. The van der Waals surface area contributed by atoms with Gasteiger partial charge >= 0.3 is 0 Å². The van der Waals surface area contributed by atoms with Crippen molar-refractivity contribution in [2.75, 3.05) is 23.7 Å². The van der Waals surface area contributed by atoms with Gasteiger partial charge in [0.1, 0.15) is 5.82 Å². The summed E-state index contributed by atoms with van der Waals surface area (Å²) < 4.78 is 13.9. The van der Waals surface area contributed by atoms with Crippen molar-refractivity contribution in [3.63, 3.8) is 0 Å². The normalized spacial score (nSPS) is 11.2. The molecule has 1 aromatic heterocycles. The zero-order valence-corrected chi connectivity index (χ0v) is 15.5. The Morgan fingerprint density at radius 2 is 1.59 bits per heavy atom. The Morgan fingerprint density at radius 3 is 2.30 bits per heavy atom. The van der Waals surface area contributed by atoms with Crippen LogP contribution in [0.1, 0.15) is 13.8 Å². The molecule has 0 radical (unpaired) electrons. The van der Waals surface area contributed by atoms with Gasteiger partial charge < -0.3 is 10.6 Å². The highest BCUT2D eigenvalue weighted by Gasteiger charge is 2.13. The Bertz CT molecular complexity index is 1130. The first-order valence-electron chi connectivity index (χ1n) is 9.24. The molecule has 136 valence electrons. The van der Waals surface area contributed by atoms with E-state index in [2.05, 4.69) is 36.9 Å². The van der Waals surface area contributed by atoms with Crippen LogP contribution in [-0.2, 0) is 0 Å². The van der Waals surface area contributed by atoms with E-state index in [1.807, 2.05) is 24.3 Å². The Kier molecular flexibility index (Phi) is 4.40. The molecule has 4 heteroatoms. The van der Waals surface area contributed by atoms with Crippen molar-refractivity contribution in [3.8, 4) is 11.1 Å². The second-order valence-electron chi connectivity index (χ2n) is 6.65. The topological polar surface area (TPSA) is 42.1 Å². The Hall–Kier alpha value is -3.14. The number of fused-ring (bicyclic) bond motifs is 2. The number of aromatic nitrogens is 1. The molecule has 3 nitrogen and oxygen atoms in total. The molecule has 3 aromatic carbocycles. The number of rotatable bonds is 4. The Morgan fingerprint density at radius 1 is 0.889 bits per heavy atom. The summed E-state index contributed by atoms with van der Waals surface area (Å²) in [5.74, 6) is -0.249. The van der Waals surface area contributed by atoms with Crippen LogP contribution in [0.2, 0.25) is 0 Å². The zero-order chi connectivity index (χ0) is 19.0. The van der Waals surface area contributed by atoms with Gasteiger partial charge in [-0.15, -0.1) is 0 Å². The van der Waals surface area contributed by atoms with Gasteiger partial charge in [0.2, 0.25) is 0 Å². The van der Waals surface area contributed by atoms with E-state index >= 15 is 0 Å². The predicted octanol–water partition coefficient (Wildman–Crippen LogP) is 5.62. The first kappa shape index (κ1) is 17.3. The van der Waals surface area contributed by atoms with E-state index in [-0.39, 0.29) is 5.82 Å². The number of hydrogen-bond donors (Lipinski definition) is 1. The van der Waals surface area contributed by atoms with E-state index in [1.165, 1.54) is 6.07 Å². The molecule has 0 atom stereocenters. The molecule has 0 aliphatic carbocycles. The third kappa shape index (κ3) is 3.08. The maximum absolute atomic E-state index is 13.9. The van der Waals surface area contributed by atoms with Gasteiger partial charge in [0, 0.05) is 40.8 Å². The number of benzene rings is 3. The minimum atomic E-state index is -0.249. The fraction of sp³-hybridized carbons (Fsp3) is 0.174. The van der Waals surface area contributed by atoms with Crippen LogP contribution in [0.3, 0.4) is 0 Å². The summed E-state index contributed by atoms with van der Waals surface area (Å²) in [4.78, 5) is 7.14. The quantitative estimate of drug-likeness (QED) is 0.380. The van der Waals surface area contributed by atoms with Gasteiger partial charge in [0.15, 0.2) is 0 Å². The fourth-order valence-corrected chi connectivity index (χ4v) is 3.69. The minimum Gasteiger partial charge on any atom is -0.399 e. The van der Waals surface area contributed by atoms with Crippen LogP contribution in [0.25, 0.3) is 32.9 Å². The van der Waals surface area contributed by atoms with Gasteiger partial charge in [-0.25, -0.2) is 9.37 Å². The molecular weight excluding hydrogens is 337 g/mol.